The van der Waals surface area contributed by atoms with E-state index in [0.717, 1.165) is 25.7 Å². The number of likely N-dealkylation sites (tertiary alicyclic amines) is 1. The van der Waals surface area contributed by atoms with Crippen LogP contribution in [0.3, 0.4) is 0 Å². The number of carboxylic acid groups (broad SMARTS) is 1. The van der Waals surface area contributed by atoms with Crippen molar-refractivity contribution in [1.29, 1.82) is 0 Å². The summed E-state index contributed by atoms with van der Waals surface area (Å²) in [6.45, 7) is 2.54. The molecule has 0 bridgehead atoms. The molecule has 0 aliphatic carbocycles. The third-order valence-corrected chi connectivity index (χ3v) is 2.82. The van der Waals surface area contributed by atoms with Crippen molar-refractivity contribution in [3.8, 4) is 0 Å². The fraction of sp³-hybridized carbons (Fsp3) is 0.818. The highest BCUT2D eigenvalue weighted by Crippen LogP contribution is 2.18. The van der Waals surface area contributed by atoms with E-state index < -0.39 is 12.0 Å². The number of carbonyl (C=O) groups excluding carboxylic acids is 1. The molecule has 1 aliphatic rings. The van der Waals surface area contributed by atoms with Gasteiger partial charge >= 0.3 is 5.97 Å². The minimum atomic E-state index is -0.860. The number of hydrogen-bond acceptors (Lipinski definition) is 2. The Hall–Kier alpha value is -1.06. The van der Waals surface area contributed by atoms with Gasteiger partial charge in [-0.3, -0.25) is 4.79 Å². The first-order valence-corrected chi connectivity index (χ1v) is 5.69. The molecular formula is C11H19NO3. The van der Waals surface area contributed by atoms with Crippen molar-refractivity contribution < 1.29 is 14.7 Å². The third kappa shape index (κ3) is 3.22. The highest BCUT2D eigenvalue weighted by Gasteiger charge is 2.29. The van der Waals surface area contributed by atoms with Crippen molar-refractivity contribution in [2.45, 2.75) is 51.5 Å². The van der Waals surface area contributed by atoms with Gasteiger partial charge in [-0.15, -0.1) is 0 Å². The Bertz CT molecular complexity index is 240. The van der Waals surface area contributed by atoms with Crippen LogP contribution in [0.5, 0.6) is 0 Å². The number of hydrogen-bond donors (Lipinski definition) is 1. The Morgan fingerprint density at radius 3 is 2.67 bits per heavy atom. The minimum Gasteiger partial charge on any atom is -0.480 e. The van der Waals surface area contributed by atoms with Crippen molar-refractivity contribution >= 4 is 11.9 Å². The lowest BCUT2D eigenvalue weighted by atomic mass is 10.1. The number of aliphatic carboxylic acids is 1. The van der Waals surface area contributed by atoms with Crippen LogP contribution in [0.2, 0.25) is 0 Å². The van der Waals surface area contributed by atoms with Crippen LogP contribution < -0.4 is 0 Å². The maximum Gasteiger partial charge on any atom is 0.326 e. The van der Waals surface area contributed by atoms with E-state index in [1.54, 1.807) is 4.90 Å². The monoisotopic (exact) mass is 213 g/mol. The summed E-state index contributed by atoms with van der Waals surface area (Å²) in [5.74, 6) is -0.867. The van der Waals surface area contributed by atoms with Crippen molar-refractivity contribution in [3.05, 3.63) is 0 Å². The summed E-state index contributed by atoms with van der Waals surface area (Å²) in [5, 5.41) is 9.06. The molecule has 4 nitrogen and oxygen atoms in total. The molecule has 0 radical (unpaired) electrons. The zero-order chi connectivity index (χ0) is 11.3. The Morgan fingerprint density at radius 1 is 1.33 bits per heavy atom. The van der Waals surface area contributed by atoms with Gasteiger partial charge in [-0.2, -0.15) is 0 Å². The zero-order valence-electron chi connectivity index (χ0n) is 9.24. The third-order valence-electron chi connectivity index (χ3n) is 2.82. The maximum absolute atomic E-state index is 11.7. The molecule has 1 saturated heterocycles. The molecule has 0 spiro atoms. The van der Waals surface area contributed by atoms with Crippen LogP contribution >= 0.6 is 0 Å². The van der Waals surface area contributed by atoms with Gasteiger partial charge in [-0.1, -0.05) is 19.8 Å². The van der Waals surface area contributed by atoms with Crippen LogP contribution in [-0.2, 0) is 9.59 Å². The van der Waals surface area contributed by atoms with Crippen LogP contribution in [0.4, 0.5) is 0 Å². The standard InChI is InChI=1S/C11H19NO3/c1-2-6-10(13)12-8-5-3-4-7-9(12)11(14)15/h9H,2-8H2,1H3,(H,14,15). The van der Waals surface area contributed by atoms with E-state index in [1.807, 2.05) is 6.92 Å². The van der Waals surface area contributed by atoms with Gasteiger partial charge in [0.2, 0.25) is 5.91 Å². The van der Waals surface area contributed by atoms with Crippen LogP contribution in [-0.4, -0.2) is 34.5 Å². The predicted molar refractivity (Wildman–Crippen MR) is 56.5 cm³/mol. The van der Waals surface area contributed by atoms with E-state index in [4.69, 9.17) is 5.11 Å². The molecule has 1 rings (SSSR count). The van der Waals surface area contributed by atoms with E-state index >= 15 is 0 Å². The molecule has 4 heteroatoms. The SMILES string of the molecule is CCCC(=O)N1CCCCCC1C(=O)O. The lowest BCUT2D eigenvalue weighted by Crippen LogP contribution is -2.44. The average Bonchev–Trinajstić information content (AvgIpc) is 2.42. The van der Waals surface area contributed by atoms with Crippen LogP contribution in [0.25, 0.3) is 0 Å². The van der Waals surface area contributed by atoms with Crippen molar-refractivity contribution in [1.82, 2.24) is 4.90 Å². The molecule has 1 heterocycles. The Kier molecular flexibility index (Phi) is 4.59. The topological polar surface area (TPSA) is 57.6 Å². The molecule has 86 valence electrons. The summed E-state index contributed by atoms with van der Waals surface area (Å²) in [6.07, 6.45) is 4.71. The lowest BCUT2D eigenvalue weighted by Gasteiger charge is -2.26. The molecule has 1 fully saturated rings. The number of carbonyl (C=O) groups is 2. The summed E-state index contributed by atoms with van der Waals surface area (Å²) < 4.78 is 0. The number of nitrogens with zero attached hydrogens (tertiary/aromatic N) is 1. The second-order valence-electron chi connectivity index (χ2n) is 4.04. The van der Waals surface area contributed by atoms with Gasteiger partial charge < -0.3 is 10.0 Å². The van der Waals surface area contributed by atoms with E-state index in [-0.39, 0.29) is 5.91 Å². The highest BCUT2D eigenvalue weighted by molar-refractivity contribution is 5.83. The molecule has 1 aliphatic heterocycles. The highest BCUT2D eigenvalue weighted by atomic mass is 16.4. The second kappa shape index (κ2) is 5.73. The van der Waals surface area contributed by atoms with Gasteiger partial charge in [0.25, 0.3) is 0 Å². The first-order chi connectivity index (χ1) is 7.16. The first kappa shape index (κ1) is 12.0. The van der Waals surface area contributed by atoms with Gasteiger partial charge in [0.05, 0.1) is 0 Å². The molecule has 0 aromatic carbocycles. The molecule has 0 aromatic heterocycles. The summed E-state index contributed by atoms with van der Waals surface area (Å²) in [5.41, 5.74) is 0. The Balaban J connectivity index is 2.69. The molecule has 15 heavy (non-hydrogen) atoms. The normalized spacial score (nSPS) is 22.2. The van der Waals surface area contributed by atoms with Crippen molar-refractivity contribution in [3.63, 3.8) is 0 Å². The number of carboxylic acids is 1. The van der Waals surface area contributed by atoms with Crippen LogP contribution in [0, 0.1) is 0 Å². The zero-order valence-corrected chi connectivity index (χ0v) is 9.24. The Morgan fingerprint density at radius 2 is 2.07 bits per heavy atom. The average molecular weight is 213 g/mol. The second-order valence-corrected chi connectivity index (χ2v) is 4.04. The summed E-state index contributed by atoms with van der Waals surface area (Å²) >= 11 is 0. The number of rotatable bonds is 3. The maximum atomic E-state index is 11.7. The first-order valence-electron chi connectivity index (χ1n) is 5.69. The predicted octanol–water partition coefficient (Wildman–Crippen LogP) is 1.64. The fourth-order valence-electron chi connectivity index (χ4n) is 2.02. The smallest absolute Gasteiger partial charge is 0.326 e. The fourth-order valence-corrected chi connectivity index (χ4v) is 2.02. The van der Waals surface area contributed by atoms with E-state index in [9.17, 15) is 9.59 Å². The minimum absolute atomic E-state index is 0.00759. The lowest BCUT2D eigenvalue weighted by molar-refractivity contribution is -0.150. The molecule has 1 amide bonds. The largest absolute Gasteiger partial charge is 0.480 e. The van der Waals surface area contributed by atoms with Gasteiger partial charge in [0.1, 0.15) is 6.04 Å². The summed E-state index contributed by atoms with van der Waals surface area (Å²) in [6, 6.07) is -0.591. The van der Waals surface area contributed by atoms with E-state index in [0.29, 0.717) is 19.4 Å². The summed E-state index contributed by atoms with van der Waals surface area (Å²) in [7, 11) is 0. The van der Waals surface area contributed by atoms with Gasteiger partial charge in [0.15, 0.2) is 0 Å². The number of amides is 1. The van der Waals surface area contributed by atoms with Crippen molar-refractivity contribution in [2.24, 2.45) is 0 Å². The molecule has 0 aromatic rings. The molecule has 1 atom stereocenters. The molecule has 0 saturated carbocycles. The summed E-state index contributed by atoms with van der Waals surface area (Å²) in [4.78, 5) is 24.3. The molecular weight excluding hydrogens is 194 g/mol. The van der Waals surface area contributed by atoms with Gasteiger partial charge in [-0.25, -0.2) is 4.79 Å². The Labute approximate surface area is 90.3 Å². The molecule has 1 unspecified atom stereocenters. The van der Waals surface area contributed by atoms with Crippen molar-refractivity contribution in [2.75, 3.05) is 6.54 Å². The quantitative estimate of drug-likeness (QED) is 0.775. The van der Waals surface area contributed by atoms with Crippen LogP contribution in [0.15, 0.2) is 0 Å². The van der Waals surface area contributed by atoms with E-state index in [2.05, 4.69) is 0 Å². The molecule has 1 N–H and O–H groups in total. The van der Waals surface area contributed by atoms with Gasteiger partial charge in [-0.05, 0) is 19.3 Å². The van der Waals surface area contributed by atoms with Gasteiger partial charge in [0, 0.05) is 13.0 Å². The van der Waals surface area contributed by atoms with Crippen LogP contribution in [0.1, 0.15) is 45.4 Å². The van der Waals surface area contributed by atoms with E-state index in [1.165, 1.54) is 0 Å².